The van der Waals surface area contributed by atoms with Crippen LogP contribution in [0, 0.1) is 41.5 Å². The van der Waals surface area contributed by atoms with Gasteiger partial charge in [-0.15, -0.1) is 0 Å². The lowest BCUT2D eigenvalue weighted by Crippen LogP contribution is -2.09. The van der Waals surface area contributed by atoms with E-state index in [1.54, 1.807) is 10.6 Å². The van der Waals surface area contributed by atoms with Crippen molar-refractivity contribution in [3.63, 3.8) is 0 Å². The predicted octanol–water partition coefficient (Wildman–Crippen LogP) is 9.38. The summed E-state index contributed by atoms with van der Waals surface area (Å²) in [6.07, 6.45) is 0. The summed E-state index contributed by atoms with van der Waals surface area (Å²) in [5, 5.41) is 4.63. The molecule has 0 nitrogen and oxygen atoms in total. The minimum atomic E-state index is -0.467. The molecule has 0 radical (unpaired) electrons. The highest BCUT2D eigenvalue weighted by molar-refractivity contribution is 7.88. The highest BCUT2D eigenvalue weighted by Crippen LogP contribution is 2.74. The summed E-state index contributed by atoms with van der Waals surface area (Å²) < 4.78 is 0. The zero-order chi connectivity index (χ0) is 24.1. The molecular weight excluding hydrogens is 427 g/mol. The highest BCUT2D eigenvalue weighted by atomic mass is 31.1. The molecule has 0 bridgehead atoms. The molecule has 34 heavy (non-hydrogen) atoms. The Hall–Kier alpha value is -2.95. The second-order valence-corrected chi connectivity index (χ2v) is 12.1. The van der Waals surface area contributed by atoms with Gasteiger partial charge in [0.2, 0.25) is 0 Å². The lowest BCUT2D eigenvalue weighted by molar-refractivity contribution is 1.32. The standard InChI is InChI=1S/C33H33P/c1-20-16-22(3)30(23(4)17-20)28-14-11-15-29(31-24(5)18-21(2)19-25(31)6)33(28)34-26(7)32(34)27-12-9-8-10-13-27/h8-19H,1-7H3. The Balaban J connectivity index is 1.80. The lowest BCUT2D eigenvalue weighted by atomic mass is 9.89. The smallest absolute Gasteiger partial charge is 0.000375 e. The summed E-state index contributed by atoms with van der Waals surface area (Å²) in [5.74, 6) is 0. The van der Waals surface area contributed by atoms with Gasteiger partial charge in [0.05, 0.1) is 0 Å². The van der Waals surface area contributed by atoms with Crippen LogP contribution < -0.4 is 5.30 Å². The van der Waals surface area contributed by atoms with E-state index in [2.05, 4.69) is 121 Å². The Morgan fingerprint density at radius 3 is 1.38 bits per heavy atom. The molecule has 0 amide bonds. The molecule has 0 saturated heterocycles. The predicted molar refractivity (Wildman–Crippen MR) is 151 cm³/mol. The SMILES string of the molecule is CC1=C(c2ccccc2)P1c1c(-c2c(C)cc(C)cc2C)cccc1-c1c(C)cc(C)cc1C. The summed E-state index contributed by atoms with van der Waals surface area (Å²) in [6.45, 7) is 15.8. The summed E-state index contributed by atoms with van der Waals surface area (Å²) in [4.78, 5) is 0. The third-order valence-electron chi connectivity index (χ3n) is 7.05. The van der Waals surface area contributed by atoms with Crippen molar-refractivity contribution in [3.8, 4) is 22.3 Å². The van der Waals surface area contributed by atoms with Crippen LogP contribution in [0.3, 0.4) is 0 Å². The molecule has 4 aromatic rings. The van der Waals surface area contributed by atoms with Crippen molar-refractivity contribution >= 4 is 18.5 Å². The molecule has 4 aromatic carbocycles. The second kappa shape index (κ2) is 8.68. The van der Waals surface area contributed by atoms with E-state index in [9.17, 15) is 0 Å². The average Bonchev–Trinajstić information content (AvgIpc) is 3.43. The average molecular weight is 461 g/mol. The molecule has 0 aromatic heterocycles. The first-order valence-electron chi connectivity index (χ1n) is 12.1. The van der Waals surface area contributed by atoms with Crippen molar-refractivity contribution < 1.29 is 0 Å². The van der Waals surface area contributed by atoms with Crippen LogP contribution in [0.15, 0.2) is 78.1 Å². The Bertz CT molecular complexity index is 1330. The number of benzene rings is 4. The molecule has 5 rings (SSSR count). The Kier molecular flexibility index (Phi) is 5.83. The van der Waals surface area contributed by atoms with Crippen LogP contribution in [0.4, 0.5) is 0 Å². The van der Waals surface area contributed by atoms with Crippen LogP contribution in [0.2, 0.25) is 0 Å². The normalized spacial score (nSPS) is 15.1. The van der Waals surface area contributed by atoms with Gasteiger partial charge in [0, 0.05) is 5.30 Å². The van der Waals surface area contributed by atoms with Gasteiger partial charge in [0.1, 0.15) is 0 Å². The van der Waals surface area contributed by atoms with Gasteiger partial charge in [-0.1, -0.05) is 83.9 Å². The summed E-state index contributed by atoms with van der Waals surface area (Å²) in [5.41, 5.74) is 15.1. The molecule has 170 valence electrons. The van der Waals surface area contributed by atoms with Gasteiger partial charge >= 0.3 is 0 Å². The zero-order valence-corrected chi connectivity index (χ0v) is 22.3. The van der Waals surface area contributed by atoms with Crippen LogP contribution in [-0.4, -0.2) is 0 Å². The number of aryl methyl sites for hydroxylation is 6. The fourth-order valence-corrected chi connectivity index (χ4v) is 8.46. The summed E-state index contributed by atoms with van der Waals surface area (Å²) in [7, 11) is -0.467. The number of rotatable bonds is 4. The van der Waals surface area contributed by atoms with E-state index in [1.807, 2.05) is 0 Å². The minimum absolute atomic E-state index is 0.467. The molecule has 1 aliphatic rings. The quantitative estimate of drug-likeness (QED) is 0.266. The highest BCUT2D eigenvalue weighted by Gasteiger charge is 2.39. The summed E-state index contributed by atoms with van der Waals surface area (Å²) >= 11 is 0. The van der Waals surface area contributed by atoms with E-state index in [0.717, 1.165) is 0 Å². The first kappa shape index (κ1) is 22.8. The second-order valence-electron chi connectivity index (χ2n) is 9.88. The molecule has 1 heteroatoms. The zero-order valence-electron chi connectivity index (χ0n) is 21.4. The van der Waals surface area contributed by atoms with Crippen molar-refractivity contribution in [2.75, 3.05) is 0 Å². The Morgan fingerprint density at radius 1 is 0.500 bits per heavy atom. The molecular formula is C33H33P. The molecule has 0 N–H and O–H groups in total. The first-order chi connectivity index (χ1) is 16.3. The molecule has 1 aliphatic heterocycles. The Morgan fingerprint density at radius 2 is 0.941 bits per heavy atom. The van der Waals surface area contributed by atoms with Crippen molar-refractivity contribution in [2.45, 2.75) is 48.5 Å². The van der Waals surface area contributed by atoms with Crippen LogP contribution in [0.1, 0.15) is 45.9 Å². The largest absolute Gasteiger partial charge is 0.0622 e. The van der Waals surface area contributed by atoms with Gasteiger partial charge in [-0.05, 0) is 117 Å². The van der Waals surface area contributed by atoms with Gasteiger partial charge in [0.15, 0.2) is 0 Å². The van der Waals surface area contributed by atoms with Crippen molar-refractivity contribution in [3.05, 3.63) is 117 Å². The van der Waals surface area contributed by atoms with Crippen LogP contribution in [0.5, 0.6) is 0 Å². The van der Waals surface area contributed by atoms with Gasteiger partial charge in [-0.3, -0.25) is 0 Å². The van der Waals surface area contributed by atoms with E-state index in [-0.39, 0.29) is 0 Å². The minimum Gasteiger partial charge on any atom is -0.0622 e. The third kappa shape index (κ3) is 3.85. The number of allylic oxidation sites excluding steroid dienone is 1. The van der Waals surface area contributed by atoms with Crippen molar-refractivity contribution in [2.24, 2.45) is 0 Å². The van der Waals surface area contributed by atoms with Crippen LogP contribution in [0.25, 0.3) is 27.6 Å². The summed E-state index contributed by atoms with van der Waals surface area (Å²) in [6, 6.07) is 27.3. The molecule has 0 aliphatic carbocycles. The van der Waals surface area contributed by atoms with E-state index in [1.165, 1.54) is 66.5 Å². The maximum absolute atomic E-state index is 2.36. The number of hydrogen-bond acceptors (Lipinski definition) is 0. The van der Waals surface area contributed by atoms with Gasteiger partial charge in [-0.25, -0.2) is 0 Å². The van der Waals surface area contributed by atoms with Crippen molar-refractivity contribution in [1.29, 1.82) is 0 Å². The molecule has 0 spiro atoms. The molecule has 1 heterocycles. The topological polar surface area (TPSA) is 0 Å². The lowest BCUT2D eigenvalue weighted by Gasteiger charge is -2.22. The molecule has 1 unspecified atom stereocenters. The fraction of sp³-hybridized carbons (Fsp3) is 0.212. The van der Waals surface area contributed by atoms with Crippen LogP contribution in [-0.2, 0) is 0 Å². The first-order valence-corrected chi connectivity index (χ1v) is 13.5. The van der Waals surface area contributed by atoms with Crippen LogP contribution >= 0.6 is 7.92 Å². The Labute approximate surface area is 206 Å². The number of hydrogen-bond donors (Lipinski definition) is 0. The van der Waals surface area contributed by atoms with Gasteiger partial charge < -0.3 is 0 Å². The van der Waals surface area contributed by atoms with E-state index in [4.69, 9.17) is 0 Å². The van der Waals surface area contributed by atoms with E-state index in [0.29, 0.717) is 0 Å². The van der Waals surface area contributed by atoms with E-state index >= 15 is 0 Å². The van der Waals surface area contributed by atoms with Gasteiger partial charge in [0.25, 0.3) is 0 Å². The van der Waals surface area contributed by atoms with Gasteiger partial charge in [-0.2, -0.15) is 0 Å². The maximum atomic E-state index is 2.36. The van der Waals surface area contributed by atoms with E-state index < -0.39 is 7.92 Å². The molecule has 0 fully saturated rings. The third-order valence-corrected chi connectivity index (χ3v) is 9.69. The maximum Gasteiger partial charge on any atom is 0.000375 e. The molecule has 0 saturated carbocycles. The fourth-order valence-electron chi connectivity index (χ4n) is 5.86. The molecule has 1 atom stereocenters. The van der Waals surface area contributed by atoms with Crippen molar-refractivity contribution in [1.82, 2.24) is 0 Å². The monoisotopic (exact) mass is 460 g/mol.